The van der Waals surface area contributed by atoms with Gasteiger partial charge < -0.3 is 10.2 Å². The lowest BCUT2D eigenvalue weighted by molar-refractivity contribution is -0.125. The second kappa shape index (κ2) is 10.1. The third-order valence-electron chi connectivity index (χ3n) is 6.28. The Hall–Kier alpha value is -2.70. The molecule has 0 spiro atoms. The fraction of sp³-hybridized carbons (Fsp3) is 0.440. The van der Waals surface area contributed by atoms with Crippen molar-refractivity contribution in [3.05, 3.63) is 65.7 Å². The minimum Gasteiger partial charge on any atom is -0.354 e. The van der Waals surface area contributed by atoms with Crippen molar-refractivity contribution in [3.8, 4) is 0 Å². The third kappa shape index (κ3) is 5.32. The van der Waals surface area contributed by atoms with Crippen LogP contribution in [0.1, 0.15) is 24.5 Å². The maximum Gasteiger partial charge on any atom is 0.243 e. The van der Waals surface area contributed by atoms with Crippen molar-refractivity contribution in [2.24, 2.45) is 0 Å². The molecule has 2 aromatic carbocycles. The minimum atomic E-state index is -0.434. The maximum absolute atomic E-state index is 12.8. The molecule has 1 fully saturated rings. The number of hydrogen-bond acceptors (Lipinski definition) is 4. The Bertz CT molecular complexity index is 893. The van der Waals surface area contributed by atoms with E-state index in [2.05, 4.69) is 45.4 Å². The molecule has 0 radical (unpaired) electrons. The van der Waals surface area contributed by atoms with Gasteiger partial charge in [0.05, 0.1) is 0 Å². The summed E-state index contributed by atoms with van der Waals surface area (Å²) < 4.78 is 0. The number of carbonyl (C=O) groups is 2. The highest BCUT2D eigenvalue weighted by atomic mass is 16.2. The minimum absolute atomic E-state index is 0.0564. The summed E-state index contributed by atoms with van der Waals surface area (Å²) in [5.41, 5.74) is 3.29. The first-order valence-electron chi connectivity index (χ1n) is 11.3. The van der Waals surface area contributed by atoms with Gasteiger partial charge in [-0.15, -0.1) is 0 Å². The quantitative estimate of drug-likeness (QED) is 0.699. The van der Waals surface area contributed by atoms with Gasteiger partial charge in [-0.1, -0.05) is 48.5 Å². The normalized spacial score (nSPS) is 19.3. The highest BCUT2D eigenvalue weighted by molar-refractivity contribution is 6.02. The average Bonchev–Trinajstić information content (AvgIpc) is 3.18. The molecule has 0 aromatic heterocycles. The van der Waals surface area contributed by atoms with E-state index in [1.807, 2.05) is 24.3 Å². The van der Waals surface area contributed by atoms with E-state index in [-0.39, 0.29) is 11.8 Å². The van der Waals surface area contributed by atoms with E-state index in [0.717, 1.165) is 56.9 Å². The van der Waals surface area contributed by atoms with Crippen LogP contribution in [-0.4, -0.2) is 66.9 Å². The third-order valence-corrected chi connectivity index (χ3v) is 6.28. The van der Waals surface area contributed by atoms with Gasteiger partial charge in [0, 0.05) is 58.3 Å². The van der Waals surface area contributed by atoms with Crippen LogP contribution in [0.15, 0.2) is 54.6 Å². The van der Waals surface area contributed by atoms with Crippen LogP contribution >= 0.6 is 0 Å². The molecule has 0 bridgehead atoms. The van der Waals surface area contributed by atoms with Crippen molar-refractivity contribution < 1.29 is 9.59 Å². The number of fused-ring (bicyclic) bond motifs is 1. The highest BCUT2D eigenvalue weighted by Crippen LogP contribution is 2.32. The number of piperazine rings is 1. The van der Waals surface area contributed by atoms with Gasteiger partial charge in [-0.2, -0.15) is 0 Å². The zero-order valence-corrected chi connectivity index (χ0v) is 18.3. The number of amides is 2. The summed E-state index contributed by atoms with van der Waals surface area (Å²) in [6.07, 6.45) is 1.51. The first-order chi connectivity index (χ1) is 15.1. The largest absolute Gasteiger partial charge is 0.354 e. The topological polar surface area (TPSA) is 55.9 Å². The zero-order valence-electron chi connectivity index (χ0n) is 18.3. The van der Waals surface area contributed by atoms with E-state index in [9.17, 15) is 9.59 Å². The number of para-hydroxylation sites is 1. The summed E-state index contributed by atoms with van der Waals surface area (Å²) in [7, 11) is 0. The predicted molar refractivity (Wildman–Crippen MR) is 123 cm³/mol. The molecule has 0 unspecified atom stereocenters. The molecule has 2 heterocycles. The van der Waals surface area contributed by atoms with Gasteiger partial charge in [0.15, 0.2) is 0 Å². The van der Waals surface area contributed by atoms with Crippen LogP contribution in [0.2, 0.25) is 0 Å². The Balaban J connectivity index is 1.17. The van der Waals surface area contributed by atoms with Crippen LogP contribution in [-0.2, 0) is 22.6 Å². The van der Waals surface area contributed by atoms with Crippen LogP contribution in [0, 0.1) is 0 Å². The van der Waals surface area contributed by atoms with E-state index in [0.29, 0.717) is 13.0 Å². The Kier molecular flexibility index (Phi) is 6.99. The lowest BCUT2D eigenvalue weighted by atomic mass is 10.1. The van der Waals surface area contributed by atoms with Gasteiger partial charge in [-0.3, -0.25) is 19.4 Å². The molecule has 0 saturated carbocycles. The molecule has 1 saturated heterocycles. The number of anilines is 1. The van der Waals surface area contributed by atoms with Crippen molar-refractivity contribution in [1.82, 2.24) is 15.1 Å². The smallest absolute Gasteiger partial charge is 0.243 e. The van der Waals surface area contributed by atoms with Gasteiger partial charge in [-0.25, -0.2) is 0 Å². The van der Waals surface area contributed by atoms with E-state index in [1.165, 1.54) is 12.5 Å². The Labute approximate surface area is 184 Å². The van der Waals surface area contributed by atoms with Crippen molar-refractivity contribution in [1.29, 1.82) is 0 Å². The van der Waals surface area contributed by atoms with Crippen LogP contribution in [0.4, 0.5) is 5.69 Å². The molecular weight excluding hydrogens is 388 g/mol. The van der Waals surface area contributed by atoms with Crippen molar-refractivity contribution >= 4 is 17.5 Å². The van der Waals surface area contributed by atoms with Crippen LogP contribution < -0.4 is 10.2 Å². The van der Waals surface area contributed by atoms with Gasteiger partial charge in [0.25, 0.3) is 0 Å². The SMILES string of the molecule is CC(=O)N1c2ccccc2C[C@@H]1C(=O)NCCCN1CCN(Cc2ccccc2)CC1. The fourth-order valence-corrected chi connectivity index (χ4v) is 4.63. The molecule has 1 atom stereocenters. The molecular formula is C25H32N4O2. The van der Waals surface area contributed by atoms with Crippen LogP contribution in [0.5, 0.6) is 0 Å². The van der Waals surface area contributed by atoms with Crippen LogP contribution in [0.3, 0.4) is 0 Å². The summed E-state index contributed by atoms with van der Waals surface area (Å²) in [4.78, 5) is 31.5. The van der Waals surface area contributed by atoms with Crippen molar-refractivity contribution in [2.45, 2.75) is 32.4 Å². The molecule has 2 amide bonds. The first kappa shape index (κ1) is 21.5. The maximum atomic E-state index is 12.8. The lowest BCUT2D eigenvalue weighted by Crippen LogP contribution is -2.48. The monoisotopic (exact) mass is 420 g/mol. The summed E-state index contributed by atoms with van der Waals surface area (Å²) >= 11 is 0. The standard InChI is InChI=1S/C25H32N4O2/c1-20(30)29-23-11-6-5-10-22(23)18-24(29)25(31)26-12-7-13-27-14-16-28(17-15-27)19-21-8-3-2-4-9-21/h2-6,8-11,24H,7,12-19H2,1H3,(H,26,31)/t24-/m1/s1. The van der Waals surface area contributed by atoms with Gasteiger partial charge in [0.1, 0.15) is 6.04 Å². The summed E-state index contributed by atoms with van der Waals surface area (Å²) in [6.45, 7) is 8.46. The molecule has 31 heavy (non-hydrogen) atoms. The predicted octanol–water partition coefficient (Wildman–Crippen LogP) is 2.29. The highest BCUT2D eigenvalue weighted by Gasteiger charge is 2.36. The molecule has 2 aromatic rings. The zero-order chi connectivity index (χ0) is 21.6. The molecule has 0 aliphatic carbocycles. The number of nitrogens with one attached hydrogen (secondary N) is 1. The molecule has 6 nitrogen and oxygen atoms in total. The number of carbonyl (C=O) groups excluding carboxylic acids is 2. The van der Waals surface area contributed by atoms with Gasteiger partial charge in [0.2, 0.25) is 11.8 Å². The van der Waals surface area contributed by atoms with Gasteiger partial charge in [-0.05, 0) is 30.2 Å². The molecule has 4 rings (SSSR count). The molecule has 164 valence electrons. The van der Waals surface area contributed by atoms with E-state index >= 15 is 0 Å². The fourth-order valence-electron chi connectivity index (χ4n) is 4.63. The van der Waals surface area contributed by atoms with Crippen molar-refractivity contribution in [3.63, 3.8) is 0 Å². The molecule has 2 aliphatic rings. The number of benzene rings is 2. The Morgan fingerprint density at radius 3 is 2.35 bits per heavy atom. The van der Waals surface area contributed by atoms with E-state index < -0.39 is 6.04 Å². The molecule has 1 N–H and O–H groups in total. The van der Waals surface area contributed by atoms with Gasteiger partial charge >= 0.3 is 0 Å². The van der Waals surface area contributed by atoms with E-state index in [4.69, 9.17) is 0 Å². The summed E-state index contributed by atoms with van der Waals surface area (Å²) in [6, 6.07) is 18.0. The van der Waals surface area contributed by atoms with E-state index in [1.54, 1.807) is 4.90 Å². The van der Waals surface area contributed by atoms with Crippen molar-refractivity contribution in [2.75, 3.05) is 44.2 Å². The molecule has 2 aliphatic heterocycles. The number of rotatable bonds is 7. The average molecular weight is 421 g/mol. The second-order valence-corrected chi connectivity index (χ2v) is 8.49. The Morgan fingerprint density at radius 2 is 1.61 bits per heavy atom. The Morgan fingerprint density at radius 1 is 0.935 bits per heavy atom. The summed E-state index contributed by atoms with van der Waals surface area (Å²) in [5.74, 6) is -0.141. The first-order valence-corrected chi connectivity index (χ1v) is 11.3. The lowest BCUT2D eigenvalue weighted by Gasteiger charge is -2.34. The second-order valence-electron chi connectivity index (χ2n) is 8.49. The summed E-state index contributed by atoms with van der Waals surface area (Å²) in [5, 5.41) is 3.06. The number of nitrogens with zero attached hydrogens (tertiary/aromatic N) is 3. The number of hydrogen-bond donors (Lipinski definition) is 1. The van der Waals surface area contributed by atoms with Crippen LogP contribution in [0.25, 0.3) is 0 Å². The molecule has 6 heteroatoms.